The average molecular weight is 301 g/mol. The van der Waals surface area contributed by atoms with Crippen LogP contribution in [0.5, 0.6) is 17.2 Å². The first-order valence-electron chi connectivity index (χ1n) is 5.53. The van der Waals surface area contributed by atoms with Crippen LogP contribution in [0.2, 0.25) is 0 Å². The molecule has 0 aliphatic rings. The maximum absolute atomic E-state index is 11.9. The second-order valence-electron chi connectivity index (χ2n) is 3.87. The predicted octanol–water partition coefficient (Wildman–Crippen LogP) is 0.438. The highest BCUT2D eigenvalue weighted by molar-refractivity contribution is 7.98. The highest BCUT2D eigenvalue weighted by atomic mass is 32.2. The second-order valence-corrected chi connectivity index (χ2v) is 4.78. The van der Waals surface area contributed by atoms with Crippen LogP contribution in [0.3, 0.4) is 0 Å². The van der Waals surface area contributed by atoms with Crippen molar-refractivity contribution in [2.75, 3.05) is 19.1 Å². The summed E-state index contributed by atoms with van der Waals surface area (Å²) in [6, 6.07) is 1.12. The fourth-order valence-electron chi connectivity index (χ4n) is 1.45. The normalized spacial score (nSPS) is 11.7. The van der Waals surface area contributed by atoms with Gasteiger partial charge in [0.05, 0.1) is 7.11 Å². The third-order valence-electron chi connectivity index (χ3n) is 2.46. The van der Waals surface area contributed by atoms with Crippen molar-refractivity contribution in [3.63, 3.8) is 0 Å². The van der Waals surface area contributed by atoms with E-state index in [0.717, 1.165) is 12.1 Å². The average Bonchev–Trinajstić information content (AvgIpc) is 2.42. The molecule has 0 saturated carbocycles. The summed E-state index contributed by atoms with van der Waals surface area (Å²) in [5.74, 6) is -2.94. The summed E-state index contributed by atoms with van der Waals surface area (Å²) in [4.78, 5) is 23.4. The smallest absolute Gasteiger partial charge is 0.329 e. The zero-order valence-corrected chi connectivity index (χ0v) is 11.7. The van der Waals surface area contributed by atoms with Crippen LogP contribution in [-0.4, -0.2) is 52.4 Å². The van der Waals surface area contributed by atoms with E-state index in [1.54, 1.807) is 6.26 Å². The molecule has 1 rings (SSSR count). The van der Waals surface area contributed by atoms with Crippen LogP contribution in [0.15, 0.2) is 12.1 Å². The zero-order chi connectivity index (χ0) is 15.3. The molecule has 20 heavy (non-hydrogen) atoms. The van der Waals surface area contributed by atoms with Crippen molar-refractivity contribution in [2.24, 2.45) is 0 Å². The number of carbonyl (C=O) groups is 2. The van der Waals surface area contributed by atoms with E-state index in [9.17, 15) is 24.9 Å². The van der Waals surface area contributed by atoms with Gasteiger partial charge in [0.1, 0.15) is 6.04 Å². The van der Waals surface area contributed by atoms with Crippen molar-refractivity contribution >= 4 is 23.6 Å². The molecule has 1 aromatic rings. The minimum absolute atomic E-state index is 0.0900. The van der Waals surface area contributed by atoms with Gasteiger partial charge in [0.2, 0.25) is 0 Å². The molecular weight excluding hydrogens is 286 g/mol. The maximum atomic E-state index is 11.9. The third kappa shape index (κ3) is 3.70. The maximum Gasteiger partial charge on any atom is 0.329 e. The minimum Gasteiger partial charge on any atom is -0.504 e. The Hall–Kier alpha value is -2.09. The zero-order valence-electron chi connectivity index (χ0n) is 10.9. The predicted molar refractivity (Wildman–Crippen MR) is 73.1 cm³/mol. The summed E-state index contributed by atoms with van der Waals surface area (Å²) >= 11 is 1.35. The molecule has 1 amide bonds. The summed E-state index contributed by atoms with van der Waals surface area (Å²) in [5, 5.41) is 30.3. The van der Waals surface area contributed by atoms with Gasteiger partial charge in [-0.05, 0) is 18.4 Å². The van der Waals surface area contributed by atoms with Gasteiger partial charge in [-0.3, -0.25) is 4.79 Å². The summed E-state index contributed by atoms with van der Waals surface area (Å²) in [6.07, 6.45) is 1.76. The number of thioether (sulfide) groups is 1. The van der Waals surface area contributed by atoms with Crippen molar-refractivity contribution in [1.82, 2.24) is 5.32 Å². The summed E-state index contributed by atoms with van der Waals surface area (Å²) < 4.78 is 4.56. The topological polar surface area (TPSA) is 116 Å². The number of aromatic hydroxyl groups is 3. The number of phenolic OH excluding ortho intramolecular Hbond substituents is 3. The van der Waals surface area contributed by atoms with E-state index in [4.69, 9.17) is 0 Å². The fourth-order valence-corrected chi connectivity index (χ4v) is 2.01. The van der Waals surface area contributed by atoms with Crippen molar-refractivity contribution < 1.29 is 29.6 Å². The number of benzene rings is 1. The first-order valence-corrected chi connectivity index (χ1v) is 6.92. The molecule has 0 heterocycles. The Morgan fingerprint density at radius 3 is 2.30 bits per heavy atom. The largest absolute Gasteiger partial charge is 0.504 e. The Labute approximate surface area is 119 Å². The number of hydrogen-bond acceptors (Lipinski definition) is 7. The van der Waals surface area contributed by atoms with E-state index in [1.807, 2.05) is 0 Å². The Balaban J connectivity index is 2.91. The van der Waals surface area contributed by atoms with Gasteiger partial charge >= 0.3 is 5.97 Å². The Morgan fingerprint density at radius 1 is 1.30 bits per heavy atom. The molecule has 0 unspecified atom stereocenters. The van der Waals surface area contributed by atoms with Crippen LogP contribution in [0, 0.1) is 0 Å². The van der Waals surface area contributed by atoms with Crippen LogP contribution in [0.25, 0.3) is 0 Å². The number of rotatable bonds is 5. The molecule has 0 saturated heterocycles. The van der Waals surface area contributed by atoms with Crippen molar-refractivity contribution in [2.45, 2.75) is 6.04 Å². The van der Waals surface area contributed by atoms with Gasteiger partial charge in [-0.1, -0.05) is 0 Å². The van der Waals surface area contributed by atoms with Crippen LogP contribution in [0.1, 0.15) is 10.4 Å². The molecule has 0 bridgehead atoms. The lowest BCUT2D eigenvalue weighted by Gasteiger charge is -2.15. The lowest BCUT2D eigenvalue weighted by molar-refractivity contribution is -0.142. The van der Waals surface area contributed by atoms with Gasteiger partial charge in [0.25, 0.3) is 5.91 Å². The van der Waals surface area contributed by atoms with Gasteiger partial charge in [0.15, 0.2) is 17.2 Å². The molecule has 1 aromatic carbocycles. The molecule has 1 atom stereocenters. The standard InChI is InChI=1S/C12H15NO6S/c1-19-12(18)7(5-20-2)13-11(17)6-3-8(14)10(16)9(15)4-6/h3-4,7,14-16H,5H2,1-2H3,(H,13,17)/t7-/m0/s1. The molecule has 0 aliphatic carbocycles. The molecule has 0 aromatic heterocycles. The van der Waals surface area contributed by atoms with Gasteiger partial charge in [-0.25, -0.2) is 4.79 Å². The monoisotopic (exact) mass is 301 g/mol. The number of methoxy groups -OCH3 is 1. The lowest BCUT2D eigenvalue weighted by Crippen LogP contribution is -2.43. The summed E-state index contributed by atoms with van der Waals surface area (Å²) in [7, 11) is 1.21. The van der Waals surface area contributed by atoms with E-state index in [0.29, 0.717) is 5.75 Å². The number of phenols is 3. The highest BCUT2D eigenvalue weighted by Crippen LogP contribution is 2.35. The molecule has 8 heteroatoms. The van der Waals surface area contributed by atoms with Crippen LogP contribution >= 0.6 is 11.8 Å². The molecule has 7 nitrogen and oxygen atoms in total. The third-order valence-corrected chi connectivity index (χ3v) is 3.12. The molecule has 0 spiro atoms. The molecule has 110 valence electrons. The molecular formula is C12H15NO6S. The summed E-state index contributed by atoms with van der Waals surface area (Å²) in [5.41, 5.74) is -0.0900. The Kier molecular flexibility index (Phi) is 5.51. The van der Waals surface area contributed by atoms with Gasteiger partial charge in [-0.2, -0.15) is 11.8 Å². The number of nitrogens with one attached hydrogen (secondary N) is 1. The van der Waals surface area contributed by atoms with E-state index < -0.39 is 35.2 Å². The Morgan fingerprint density at radius 2 is 1.85 bits per heavy atom. The first-order chi connectivity index (χ1) is 9.40. The number of ether oxygens (including phenoxy) is 1. The molecule has 4 N–H and O–H groups in total. The quantitative estimate of drug-likeness (QED) is 0.460. The van der Waals surface area contributed by atoms with Crippen molar-refractivity contribution in [3.05, 3.63) is 17.7 Å². The number of hydrogen-bond donors (Lipinski definition) is 4. The first kappa shape index (κ1) is 16.0. The second kappa shape index (κ2) is 6.90. The number of esters is 1. The van der Waals surface area contributed by atoms with Crippen LogP contribution in [0.4, 0.5) is 0 Å². The number of amides is 1. The molecule has 0 radical (unpaired) electrons. The highest BCUT2D eigenvalue weighted by Gasteiger charge is 2.22. The fraction of sp³-hybridized carbons (Fsp3) is 0.333. The van der Waals surface area contributed by atoms with Gasteiger partial charge in [0, 0.05) is 11.3 Å². The molecule has 0 fully saturated rings. The van der Waals surface area contributed by atoms with Crippen molar-refractivity contribution in [1.29, 1.82) is 0 Å². The summed E-state index contributed by atoms with van der Waals surface area (Å²) in [6.45, 7) is 0. The van der Waals surface area contributed by atoms with Crippen molar-refractivity contribution in [3.8, 4) is 17.2 Å². The SMILES string of the molecule is COC(=O)[C@H](CSC)NC(=O)c1cc(O)c(O)c(O)c1. The van der Waals surface area contributed by atoms with Gasteiger partial charge in [-0.15, -0.1) is 0 Å². The van der Waals surface area contributed by atoms with E-state index in [2.05, 4.69) is 10.1 Å². The van der Waals surface area contributed by atoms with Crippen LogP contribution < -0.4 is 5.32 Å². The number of carbonyl (C=O) groups excluding carboxylic acids is 2. The lowest BCUT2D eigenvalue weighted by atomic mass is 10.1. The van der Waals surface area contributed by atoms with Crippen LogP contribution in [-0.2, 0) is 9.53 Å². The van der Waals surface area contributed by atoms with Gasteiger partial charge < -0.3 is 25.4 Å². The van der Waals surface area contributed by atoms with E-state index in [-0.39, 0.29) is 5.56 Å². The van der Waals surface area contributed by atoms with E-state index >= 15 is 0 Å². The Bertz CT molecular complexity index is 496. The molecule has 0 aliphatic heterocycles. The van der Waals surface area contributed by atoms with E-state index in [1.165, 1.54) is 18.9 Å². The minimum atomic E-state index is -0.847.